The Labute approximate surface area is 162 Å². The van der Waals surface area contributed by atoms with Gasteiger partial charge in [0.1, 0.15) is 5.60 Å². The Balaban J connectivity index is 1.66. The summed E-state index contributed by atoms with van der Waals surface area (Å²) < 4.78 is 0. The van der Waals surface area contributed by atoms with Gasteiger partial charge >= 0.3 is 0 Å². The third-order valence-corrected chi connectivity index (χ3v) is 6.51. The maximum Gasteiger partial charge on any atom is 0.170 e. The summed E-state index contributed by atoms with van der Waals surface area (Å²) in [6, 6.07) is 19.8. The third-order valence-electron chi connectivity index (χ3n) is 6.51. The molecule has 4 rings (SSSR count). The minimum Gasteiger partial charge on any atom is -0.384 e. The number of ketones is 1. The number of likely N-dealkylation sites (tertiary alicyclic amines) is 1. The standard InChI is InChI=1S/C24H29NO2/c26-23(19-10-4-1-5-11-19)22-18-25(21-14-8-3-9-15-21)17-16-24(22,27)20-12-6-2-7-13-20/h1-2,4-7,10-13,21-22,27H,3,8-9,14-18H2/t22-,24+/m0/s1. The summed E-state index contributed by atoms with van der Waals surface area (Å²) >= 11 is 0. The Morgan fingerprint density at radius 2 is 1.56 bits per heavy atom. The van der Waals surface area contributed by atoms with E-state index in [1.54, 1.807) is 0 Å². The van der Waals surface area contributed by atoms with Crippen LogP contribution in [0.1, 0.15) is 54.4 Å². The van der Waals surface area contributed by atoms with Crippen molar-refractivity contribution in [2.45, 2.75) is 50.2 Å². The Morgan fingerprint density at radius 3 is 2.22 bits per heavy atom. The van der Waals surface area contributed by atoms with Crippen molar-refractivity contribution < 1.29 is 9.90 Å². The molecule has 2 fully saturated rings. The van der Waals surface area contributed by atoms with Gasteiger partial charge in [0.15, 0.2) is 5.78 Å². The second kappa shape index (κ2) is 7.95. The van der Waals surface area contributed by atoms with E-state index in [0.717, 1.165) is 12.1 Å². The summed E-state index contributed by atoms with van der Waals surface area (Å²) in [7, 11) is 0. The Morgan fingerprint density at radius 1 is 0.926 bits per heavy atom. The van der Waals surface area contributed by atoms with Crippen molar-refractivity contribution in [1.82, 2.24) is 4.90 Å². The number of aliphatic hydroxyl groups is 1. The topological polar surface area (TPSA) is 40.5 Å². The molecule has 1 saturated heterocycles. The molecule has 1 saturated carbocycles. The van der Waals surface area contributed by atoms with Crippen LogP contribution in [0.15, 0.2) is 60.7 Å². The van der Waals surface area contributed by atoms with Crippen molar-refractivity contribution in [3.63, 3.8) is 0 Å². The molecule has 0 aromatic heterocycles. The number of carbonyl (C=O) groups excluding carboxylic acids is 1. The second-order valence-electron chi connectivity index (χ2n) is 8.11. The number of hydrogen-bond acceptors (Lipinski definition) is 3. The molecule has 0 radical (unpaired) electrons. The maximum absolute atomic E-state index is 13.4. The summed E-state index contributed by atoms with van der Waals surface area (Å²) in [5.74, 6) is -0.375. The number of carbonyl (C=O) groups is 1. The molecule has 3 heteroatoms. The molecule has 3 nitrogen and oxygen atoms in total. The fourth-order valence-electron chi connectivity index (χ4n) is 4.92. The molecule has 0 amide bonds. The molecule has 142 valence electrons. The quantitative estimate of drug-likeness (QED) is 0.818. The van der Waals surface area contributed by atoms with Crippen molar-refractivity contribution in [2.24, 2.45) is 5.92 Å². The van der Waals surface area contributed by atoms with Crippen molar-refractivity contribution >= 4 is 5.78 Å². The van der Waals surface area contributed by atoms with Gasteiger partial charge in [-0.3, -0.25) is 9.69 Å². The van der Waals surface area contributed by atoms with Gasteiger partial charge in [-0.1, -0.05) is 79.9 Å². The Kier molecular flexibility index (Phi) is 5.42. The molecule has 2 atom stereocenters. The van der Waals surface area contributed by atoms with Crippen molar-refractivity contribution in [3.05, 3.63) is 71.8 Å². The Bertz CT molecular complexity index is 754. The molecule has 0 bridgehead atoms. The third kappa shape index (κ3) is 3.71. The molecular formula is C24H29NO2. The van der Waals surface area contributed by atoms with E-state index in [2.05, 4.69) is 4.90 Å². The van der Waals surface area contributed by atoms with Crippen LogP contribution in [0.4, 0.5) is 0 Å². The number of nitrogens with zero attached hydrogens (tertiary/aromatic N) is 1. The van der Waals surface area contributed by atoms with E-state index in [4.69, 9.17) is 0 Å². The first-order valence-electron chi connectivity index (χ1n) is 10.3. The summed E-state index contributed by atoms with van der Waals surface area (Å²) in [6.45, 7) is 1.50. The summed E-state index contributed by atoms with van der Waals surface area (Å²) in [5.41, 5.74) is 0.462. The van der Waals surface area contributed by atoms with Crippen LogP contribution >= 0.6 is 0 Å². The van der Waals surface area contributed by atoms with Crippen LogP contribution in [0.25, 0.3) is 0 Å². The fourth-order valence-corrected chi connectivity index (χ4v) is 4.92. The smallest absolute Gasteiger partial charge is 0.170 e. The zero-order chi connectivity index (χ0) is 18.7. The minimum atomic E-state index is -1.10. The highest BCUT2D eigenvalue weighted by molar-refractivity contribution is 5.99. The van der Waals surface area contributed by atoms with Crippen molar-refractivity contribution in [2.75, 3.05) is 13.1 Å². The van der Waals surface area contributed by atoms with E-state index in [1.165, 1.54) is 32.1 Å². The van der Waals surface area contributed by atoms with E-state index < -0.39 is 11.5 Å². The van der Waals surface area contributed by atoms with Gasteiger partial charge in [-0.05, 0) is 24.8 Å². The van der Waals surface area contributed by atoms with E-state index in [9.17, 15) is 9.90 Å². The van der Waals surface area contributed by atoms with Crippen LogP contribution in [0, 0.1) is 5.92 Å². The van der Waals surface area contributed by atoms with E-state index >= 15 is 0 Å². The second-order valence-corrected chi connectivity index (χ2v) is 8.11. The molecule has 2 aliphatic rings. The predicted molar refractivity (Wildman–Crippen MR) is 108 cm³/mol. The highest BCUT2D eigenvalue weighted by atomic mass is 16.3. The van der Waals surface area contributed by atoms with Gasteiger partial charge in [-0.2, -0.15) is 0 Å². The van der Waals surface area contributed by atoms with Crippen LogP contribution in [0.3, 0.4) is 0 Å². The number of Topliss-reactive ketones (excluding diaryl/α,β-unsaturated/α-hetero) is 1. The lowest BCUT2D eigenvalue weighted by atomic mass is 9.72. The van der Waals surface area contributed by atoms with E-state index in [-0.39, 0.29) is 5.78 Å². The average molecular weight is 364 g/mol. The van der Waals surface area contributed by atoms with Crippen LogP contribution in [-0.2, 0) is 5.60 Å². The van der Waals surface area contributed by atoms with Crippen molar-refractivity contribution in [1.29, 1.82) is 0 Å². The zero-order valence-electron chi connectivity index (χ0n) is 15.9. The first-order valence-corrected chi connectivity index (χ1v) is 10.3. The van der Waals surface area contributed by atoms with Crippen LogP contribution in [0.2, 0.25) is 0 Å². The van der Waals surface area contributed by atoms with Gasteiger partial charge in [0.25, 0.3) is 0 Å². The molecule has 0 spiro atoms. The van der Waals surface area contributed by atoms with Gasteiger partial charge in [0.05, 0.1) is 5.92 Å². The molecule has 1 N–H and O–H groups in total. The zero-order valence-corrected chi connectivity index (χ0v) is 15.9. The lowest BCUT2D eigenvalue weighted by Gasteiger charge is -2.47. The van der Waals surface area contributed by atoms with Gasteiger partial charge in [0.2, 0.25) is 0 Å². The summed E-state index contributed by atoms with van der Waals surface area (Å²) in [6.07, 6.45) is 6.93. The highest BCUT2D eigenvalue weighted by Crippen LogP contribution is 2.41. The number of piperidine rings is 1. The molecule has 0 unspecified atom stereocenters. The lowest BCUT2D eigenvalue weighted by molar-refractivity contribution is -0.0749. The summed E-state index contributed by atoms with van der Waals surface area (Å²) in [5, 5.41) is 11.7. The number of rotatable bonds is 4. The lowest BCUT2D eigenvalue weighted by Crippen LogP contribution is -2.55. The molecule has 1 heterocycles. The molecule has 1 aliphatic heterocycles. The molecule has 2 aromatic rings. The highest BCUT2D eigenvalue weighted by Gasteiger charge is 2.47. The molecule has 1 aliphatic carbocycles. The first kappa shape index (κ1) is 18.4. The SMILES string of the molecule is O=C(c1ccccc1)[C@@H]1CN(C2CCCCC2)CC[C@@]1(O)c1ccccc1. The van der Waals surface area contributed by atoms with Gasteiger partial charge in [-0.15, -0.1) is 0 Å². The average Bonchev–Trinajstić information content (AvgIpc) is 2.75. The van der Waals surface area contributed by atoms with Crippen LogP contribution < -0.4 is 0 Å². The number of hydrogen-bond donors (Lipinski definition) is 1. The normalized spacial score (nSPS) is 27.4. The fraction of sp³-hybridized carbons (Fsp3) is 0.458. The molecular weight excluding hydrogens is 334 g/mol. The van der Waals surface area contributed by atoms with E-state index in [0.29, 0.717) is 24.6 Å². The van der Waals surface area contributed by atoms with Crippen LogP contribution in [0.5, 0.6) is 0 Å². The minimum absolute atomic E-state index is 0.0578. The van der Waals surface area contributed by atoms with Crippen LogP contribution in [-0.4, -0.2) is 34.9 Å². The number of benzene rings is 2. The summed E-state index contributed by atoms with van der Waals surface area (Å²) in [4.78, 5) is 15.9. The largest absolute Gasteiger partial charge is 0.384 e. The first-order chi connectivity index (χ1) is 13.2. The van der Waals surface area contributed by atoms with Gasteiger partial charge in [0, 0.05) is 24.7 Å². The van der Waals surface area contributed by atoms with E-state index in [1.807, 2.05) is 60.7 Å². The van der Waals surface area contributed by atoms with Crippen molar-refractivity contribution in [3.8, 4) is 0 Å². The molecule has 27 heavy (non-hydrogen) atoms. The van der Waals surface area contributed by atoms with Gasteiger partial charge in [-0.25, -0.2) is 0 Å². The predicted octanol–water partition coefficient (Wildman–Crippen LogP) is 4.41. The van der Waals surface area contributed by atoms with Gasteiger partial charge < -0.3 is 5.11 Å². The molecule has 2 aromatic carbocycles. The maximum atomic E-state index is 13.4. The monoisotopic (exact) mass is 363 g/mol. The Hall–Kier alpha value is -1.97.